The second-order valence-corrected chi connectivity index (χ2v) is 8.93. The maximum absolute atomic E-state index is 12.8. The molecular weight excluding hydrogens is 440 g/mol. The van der Waals surface area contributed by atoms with E-state index in [1.807, 2.05) is 32.7 Å². The molecule has 3 amide bonds. The summed E-state index contributed by atoms with van der Waals surface area (Å²) in [5.74, 6) is 0.0655. The minimum Gasteiger partial charge on any atom is -0.287 e. The van der Waals surface area contributed by atoms with Crippen LogP contribution in [0.5, 0.6) is 0 Å². The van der Waals surface area contributed by atoms with Gasteiger partial charge in [-0.05, 0) is 24.8 Å². The van der Waals surface area contributed by atoms with Gasteiger partial charge >= 0.3 is 0 Å². The fourth-order valence-corrected chi connectivity index (χ4v) is 2.78. The molecule has 0 atom stereocenters. The number of rotatable bonds is 13. The lowest BCUT2D eigenvalue weighted by molar-refractivity contribution is -0.144. The van der Waals surface area contributed by atoms with E-state index in [1.165, 1.54) is 5.01 Å². The number of hydrogen-bond donors (Lipinski definition) is 3. The van der Waals surface area contributed by atoms with Gasteiger partial charge in [0.25, 0.3) is 5.91 Å². The van der Waals surface area contributed by atoms with E-state index >= 15 is 0 Å². The molecule has 0 aromatic heterocycles. The van der Waals surface area contributed by atoms with E-state index in [-0.39, 0.29) is 48.0 Å². The van der Waals surface area contributed by atoms with Gasteiger partial charge in [0.15, 0.2) is 0 Å². The monoisotopic (exact) mass is 478 g/mol. The summed E-state index contributed by atoms with van der Waals surface area (Å²) >= 11 is 3.09. The molecule has 170 valence electrons. The Hall–Kier alpha value is -1.23. The van der Waals surface area contributed by atoms with E-state index in [0.29, 0.717) is 19.0 Å². The predicted molar refractivity (Wildman–Crippen MR) is 119 cm³/mol. The first kappa shape index (κ1) is 27.8. The third-order valence-corrected chi connectivity index (χ3v) is 4.17. The van der Waals surface area contributed by atoms with Gasteiger partial charge in [-0.15, -0.1) is 0 Å². The Bertz CT molecular complexity index is 516. The van der Waals surface area contributed by atoms with Gasteiger partial charge in [0.1, 0.15) is 0 Å². The first-order valence-corrected chi connectivity index (χ1v) is 11.2. The highest BCUT2D eigenvalue weighted by molar-refractivity contribution is 9.09. The number of alkyl halides is 1. The van der Waals surface area contributed by atoms with Crippen LogP contribution in [0, 0.1) is 17.8 Å². The maximum Gasteiger partial charge on any atom is 0.257 e. The second-order valence-electron chi connectivity index (χ2n) is 8.37. The van der Waals surface area contributed by atoms with Crippen LogP contribution in [0.4, 0.5) is 0 Å². The van der Waals surface area contributed by atoms with E-state index in [0.717, 1.165) is 6.54 Å². The Morgan fingerprint density at radius 2 is 1.28 bits per heavy atom. The van der Waals surface area contributed by atoms with Crippen molar-refractivity contribution >= 4 is 33.7 Å². The first-order valence-electron chi connectivity index (χ1n) is 10.1. The van der Waals surface area contributed by atoms with Gasteiger partial charge in [0.2, 0.25) is 11.8 Å². The lowest BCUT2D eigenvalue weighted by Crippen LogP contribution is -2.56. The Labute approximate surface area is 183 Å². The van der Waals surface area contributed by atoms with Crippen molar-refractivity contribution in [2.24, 2.45) is 17.8 Å². The maximum atomic E-state index is 12.8. The number of hydrogen-bond acceptors (Lipinski definition) is 6. The van der Waals surface area contributed by atoms with Crippen molar-refractivity contribution in [2.45, 2.75) is 41.5 Å². The summed E-state index contributed by atoms with van der Waals surface area (Å²) in [5, 5.41) is 4.88. The number of amides is 3. The predicted octanol–water partition coefficient (Wildman–Crippen LogP) is 0.979. The van der Waals surface area contributed by atoms with Gasteiger partial charge < -0.3 is 0 Å². The van der Waals surface area contributed by atoms with Gasteiger partial charge in [0, 0.05) is 19.6 Å². The normalized spacial score (nSPS) is 11.6. The van der Waals surface area contributed by atoms with Crippen molar-refractivity contribution in [3.05, 3.63) is 0 Å². The van der Waals surface area contributed by atoms with Gasteiger partial charge in [-0.25, -0.2) is 10.0 Å². The molecule has 0 saturated carbocycles. The highest BCUT2D eigenvalue weighted by atomic mass is 79.9. The molecule has 0 aliphatic rings. The van der Waals surface area contributed by atoms with E-state index in [1.54, 1.807) is 12.1 Å². The molecule has 3 N–H and O–H groups in total. The topological polar surface area (TPSA) is 97.0 Å². The molecule has 0 aliphatic heterocycles. The Morgan fingerprint density at radius 1 is 0.759 bits per heavy atom. The number of nitrogens with zero attached hydrogens (tertiary/aromatic N) is 3. The van der Waals surface area contributed by atoms with Crippen LogP contribution in [0.3, 0.4) is 0 Å². The van der Waals surface area contributed by atoms with Crippen molar-refractivity contribution in [1.29, 1.82) is 0 Å². The summed E-state index contributed by atoms with van der Waals surface area (Å²) in [6.07, 6.45) is 0. The van der Waals surface area contributed by atoms with Crippen LogP contribution in [0.25, 0.3) is 0 Å². The number of nitrogens with one attached hydrogen (secondary N) is 3. The second kappa shape index (κ2) is 14.7. The van der Waals surface area contributed by atoms with Crippen LogP contribution in [0.1, 0.15) is 41.5 Å². The third kappa shape index (κ3) is 13.6. The van der Waals surface area contributed by atoms with Crippen LogP contribution in [-0.2, 0) is 14.4 Å². The minimum atomic E-state index is -0.295. The van der Waals surface area contributed by atoms with Gasteiger partial charge in [-0.1, -0.05) is 57.5 Å². The van der Waals surface area contributed by atoms with Crippen molar-refractivity contribution in [3.63, 3.8) is 0 Å². The molecular formula is C19H39BrN6O3. The molecule has 0 spiro atoms. The molecule has 29 heavy (non-hydrogen) atoms. The quantitative estimate of drug-likeness (QED) is 0.269. The molecule has 0 unspecified atom stereocenters. The standard InChI is InChI=1S/C19H39BrN6O3/c1-14(2)9-24(21-7)12-18(28)22-25(10-15(3)4)13-19(29)26(11-16(5)6)23-17(27)8-20/h14-16,21H,8-13H2,1-7H3,(H,22,28)(H,23,27). The van der Waals surface area contributed by atoms with Gasteiger partial charge in [-0.2, -0.15) is 0 Å². The highest BCUT2D eigenvalue weighted by Crippen LogP contribution is 2.02. The molecule has 9 nitrogen and oxygen atoms in total. The Kier molecular flexibility index (Phi) is 14.1. The highest BCUT2D eigenvalue weighted by Gasteiger charge is 2.22. The van der Waals surface area contributed by atoms with Crippen LogP contribution >= 0.6 is 15.9 Å². The smallest absolute Gasteiger partial charge is 0.257 e. The number of hydrazine groups is 3. The first-order chi connectivity index (χ1) is 13.5. The van der Waals surface area contributed by atoms with Crippen LogP contribution in [0.2, 0.25) is 0 Å². The molecule has 0 saturated heterocycles. The molecule has 0 rings (SSSR count). The van der Waals surface area contributed by atoms with E-state index in [9.17, 15) is 14.4 Å². The summed E-state index contributed by atoms with van der Waals surface area (Å²) in [6, 6.07) is 0. The van der Waals surface area contributed by atoms with Crippen LogP contribution < -0.4 is 16.3 Å². The van der Waals surface area contributed by atoms with Crippen molar-refractivity contribution in [2.75, 3.05) is 45.1 Å². The zero-order chi connectivity index (χ0) is 22.6. The average Bonchev–Trinajstić information content (AvgIpc) is 2.58. The largest absolute Gasteiger partial charge is 0.287 e. The molecule has 0 aromatic rings. The van der Waals surface area contributed by atoms with Crippen LogP contribution in [0.15, 0.2) is 0 Å². The molecule has 0 radical (unpaired) electrons. The molecule has 0 aliphatic carbocycles. The third-order valence-electron chi connectivity index (χ3n) is 3.66. The van der Waals surface area contributed by atoms with E-state index in [2.05, 4.69) is 46.1 Å². The molecule has 10 heteroatoms. The van der Waals surface area contributed by atoms with Crippen molar-refractivity contribution in [3.8, 4) is 0 Å². The van der Waals surface area contributed by atoms with E-state index in [4.69, 9.17) is 0 Å². The zero-order valence-corrected chi connectivity index (χ0v) is 20.5. The summed E-state index contributed by atoms with van der Waals surface area (Å²) < 4.78 is 0. The summed E-state index contributed by atoms with van der Waals surface area (Å²) in [4.78, 5) is 37.1. The summed E-state index contributed by atoms with van der Waals surface area (Å²) in [6.45, 7) is 13.9. The van der Waals surface area contributed by atoms with Crippen LogP contribution in [-0.4, -0.2) is 77.8 Å². The lowest BCUT2D eigenvalue weighted by Gasteiger charge is -2.30. The fourth-order valence-electron chi connectivity index (χ4n) is 2.66. The Morgan fingerprint density at radius 3 is 1.72 bits per heavy atom. The van der Waals surface area contributed by atoms with Crippen molar-refractivity contribution < 1.29 is 14.4 Å². The number of halogens is 1. The number of carbonyl (C=O) groups is 3. The molecule has 0 aromatic carbocycles. The lowest BCUT2D eigenvalue weighted by atomic mass is 10.2. The number of carbonyl (C=O) groups excluding carboxylic acids is 3. The summed E-state index contributed by atoms with van der Waals surface area (Å²) in [7, 11) is 1.78. The average molecular weight is 479 g/mol. The van der Waals surface area contributed by atoms with Gasteiger partial charge in [-0.3, -0.25) is 35.7 Å². The minimum absolute atomic E-state index is 0.0249. The van der Waals surface area contributed by atoms with E-state index < -0.39 is 0 Å². The fraction of sp³-hybridized carbons (Fsp3) is 0.842. The van der Waals surface area contributed by atoms with Crippen molar-refractivity contribution in [1.82, 2.24) is 31.3 Å². The molecule has 0 heterocycles. The SMILES string of the molecule is CNN(CC(=O)NN(CC(=O)N(CC(C)C)NC(=O)CBr)CC(C)C)CC(C)C. The zero-order valence-electron chi connectivity index (χ0n) is 18.9. The Balaban J connectivity index is 5.07. The van der Waals surface area contributed by atoms with Gasteiger partial charge in [0.05, 0.1) is 18.4 Å². The summed E-state index contributed by atoms with van der Waals surface area (Å²) in [5.41, 5.74) is 8.46. The molecule has 0 bridgehead atoms. The molecule has 0 fully saturated rings.